The largest absolute Gasteiger partial charge is 0.480 e. The summed E-state index contributed by atoms with van der Waals surface area (Å²) in [4.78, 5) is 35.0. The molecule has 134 valence electrons. The van der Waals surface area contributed by atoms with Crippen LogP contribution >= 0.6 is 0 Å². The van der Waals surface area contributed by atoms with Crippen molar-refractivity contribution in [2.75, 3.05) is 0 Å². The standard InChI is InChI=1S/C17H20FN3O4/c1-10(9-19)7-15(17(24)25)21-16(23)14(20-11(2)22)8-12-5-3-4-6-13(12)18/h3-6,10,14-15H,7-8H2,1-2H3,(H,20,22)(H,21,23)(H,24,25)/t10-,14-,15-/m0/s1. The molecule has 0 aliphatic carbocycles. The number of benzene rings is 1. The molecular formula is C17H20FN3O4. The van der Waals surface area contributed by atoms with Crippen LogP contribution in [0.25, 0.3) is 0 Å². The zero-order valence-corrected chi connectivity index (χ0v) is 14.0. The van der Waals surface area contributed by atoms with Crippen LogP contribution in [-0.4, -0.2) is 35.0 Å². The summed E-state index contributed by atoms with van der Waals surface area (Å²) in [7, 11) is 0. The van der Waals surface area contributed by atoms with E-state index in [0.717, 1.165) is 0 Å². The number of nitriles is 1. The van der Waals surface area contributed by atoms with Crippen molar-refractivity contribution >= 4 is 17.8 Å². The second-order valence-electron chi connectivity index (χ2n) is 5.71. The summed E-state index contributed by atoms with van der Waals surface area (Å²) < 4.78 is 13.8. The molecule has 0 unspecified atom stereocenters. The van der Waals surface area contributed by atoms with Crippen molar-refractivity contribution in [2.45, 2.75) is 38.8 Å². The molecule has 2 amide bonds. The van der Waals surface area contributed by atoms with Crippen LogP contribution in [0.15, 0.2) is 24.3 Å². The number of nitrogens with zero attached hydrogens (tertiary/aromatic N) is 1. The van der Waals surface area contributed by atoms with E-state index in [4.69, 9.17) is 5.26 Å². The van der Waals surface area contributed by atoms with Gasteiger partial charge in [-0.15, -0.1) is 0 Å². The number of carboxylic acid groups (broad SMARTS) is 1. The molecule has 1 aromatic carbocycles. The normalized spacial score (nSPS) is 13.8. The zero-order chi connectivity index (χ0) is 19.0. The molecule has 0 aliphatic rings. The number of carbonyl (C=O) groups excluding carboxylic acids is 2. The fourth-order valence-corrected chi connectivity index (χ4v) is 2.24. The first-order valence-corrected chi connectivity index (χ1v) is 7.67. The van der Waals surface area contributed by atoms with Crippen LogP contribution in [0.2, 0.25) is 0 Å². The highest BCUT2D eigenvalue weighted by Gasteiger charge is 2.27. The second kappa shape index (κ2) is 9.37. The van der Waals surface area contributed by atoms with E-state index < -0.39 is 41.6 Å². The molecule has 1 rings (SSSR count). The van der Waals surface area contributed by atoms with Gasteiger partial charge in [0.05, 0.1) is 6.07 Å². The Hall–Kier alpha value is -2.95. The molecule has 0 radical (unpaired) electrons. The number of carboxylic acids is 1. The van der Waals surface area contributed by atoms with E-state index in [9.17, 15) is 23.9 Å². The van der Waals surface area contributed by atoms with Crippen LogP contribution in [-0.2, 0) is 20.8 Å². The Balaban J connectivity index is 2.92. The molecule has 0 saturated carbocycles. The van der Waals surface area contributed by atoms with E-state index in [1.165, 1.54) is 32.0 Å². The van der Waals surface area contributed by atoms with Gasteiger partial charge in [0.2, 0.25) is 11.8 Å². The Bertz CT molecular complexity index is 687. The van der Waals surface area contributed by atoms with Crippen molar-refractivity contribution in [3.8, 4) is 6.07 Å². The lowest BCUT2D eigenvalue weighted by Gasteiger charge is -2.21. The average molecular weight is 349 g/mol. The van der Waals surface area contributed by atoms with Gasteiger partial charge < -0.3 is 15.7 Å². The third-order valence-corrected chi connectivity index (χ3v) is 3.50. The van der Waals surface area contributed by atoms with E-state index in [1.807, 2.05) is 6.07 Å². The Morgan fingerprint density at radius 3 is 2.40 bits per heavy atom. The van der Waals surface area contributed by atoms with Crippen LogP contribution in [0.1, 0.15) is 25.8 Å². The highest BCUT2D eigenvalue weighted by atomic mass is 19.1. The molecule has 3 N–H and O–H groups in total. The van der Waals surface area contributed by atoms with Crippen molar-refractivity contribution in [1.82, 2.24) is 10.6 Å². The molecule has 8 heteroatoms. The zero-order valence-electron chi connectivity index (χ0n) is 14.0. The summed E-state index contributed by atoms with van der Waals surface area (Å²) in [6.07, 6.45) is -0.206. The smallest absolute Gasteiger partial charge is 0.326 e. The number of rotatable bonds is 8. The van der Waals surface area contributed by atoms with Crippen LogP contribution in [0, 0.1) is 23.1 Å². The highest BCUT2D eigenvalue weighted by Crippen LogP contribution is 2.11. The number of nitrogens with one attached hydrogen (secondary N) is 2. The van der Waals surface area contributed by atoms with E-state index in [-0.39, 0.29) is 18.4 Å². The fourth-order valence-electron chi connectivity index (χ4n) is 2.24. The molecule has 1 aromatic rings. The minimum absolute atomic E-state index is 0.0793. The van der Waals surface area contributed by atoms with Gasteiger partial charge in [0.15, 0.2) is 0 Å². The van der Waals surface area contributed by atoms with Gasteiger partial charge in [0.1, 0.15) is 17.9 Å². The minimum atomic E-state index is -1.29. The van der Waals surface area contributed by atoms with Gasteiger partial charge >= 0.3 is 5.97 Å². The number of halogens is 1. The monoisotopic (exact) mass is 349 g/mol. The second-order valence-corrected chi connectivity index (χ2v) is 5.71. The predicted molar refractivity (Wildman–Crippen MR) is 86.7 cm³/mol. The summed E-state index contributed by atoms with van der Waals surface area (Å²) in [6, 6.07) is 5.28. The molecule has 7 nitrogen and oxygen atoms in total. The Morgan fingerprint density at radius 1 is 1.24 bits per heavy atom. The minimum Gasteiger partial charge on any atom is -0.480 e. The van der Waals surface area contributed by atoms with E-state index in [1.54, 1.807) is 6.07 Å². The van der Waals surface area contributed by atoms with Crippen LogP contribution < -0.4 is 10.6 Å². The first kappa shape index (κ1) is 20.1. The number of carbonyl (C=O) groups is 3. The molecular weight excluding hydrogens is 329 g/mol. The van der Waals surface area contributed by atoms with Gasteiger partial charge in [-0.3, -0.25) is 9.59 Å². The number of amides is 2. The summed E-state index contributed by atoms with van der Waals surface area (Å²) in [5.41, 5.74) is 0.216. The predicted octanol–water partition coefficient (Wildman–Crippen LogP) is 0.992. The number of hydrogen-bond acceptors (Lipinski definition) is 4. The van der Waals surface area contributed by atoms with Crippen molar-refractivity contribution < 1.29 is 23.9 Å². The Labute approximate surface area is 144 Å². The highest BCUT2D eigenvalue weighted by molar-refractivity contribution is 5.90. The summed E-state index contributed by atoms with van der Waals surface area (Å²) in [5, 5.41) is 22.7. The molecule has 0 heterocycles. The van der Waals surface area contributed by atoms with Gasteiger partial charge in [0.25, 0.3) is 0 Å². The molecule has 0 aliphatic heterocycles. The van der Waals surface area contributed by atoms with Crippen molar-refractivity contribution in [2.24, 2.45) is 5.92 Å². The third kappa shape index (κ3) is 6.59. The van der Waals surface area contributed by atoms with Gasteiger partial charge in [-0.1, -0.05) is 18.2 Å². The molecule has 0 saturated heterocycles. The van der Waals surface area contributed by atoms with Crippen LogP contribution in [0.4, 0.5) is 4.39 Å². The Kier molecular flexibility index (Phi) is 7.53. The fraction of sp³-hybridized carbons (Fsp3) is 0.412. The average Bonchev–Trinajstić information content (AvgIpc) is 2.54. The van der Waals surface area contributed by atoms with E-state index in [2.05, 4.69) is 10.6 Å². The molecule has 0 aromatic heterocycles. The lowest BCUT2D eigenvalue weighted by atomic mass is 10.0. The van der Waals surface area contributed by atoms with Crippen LogP contribution in [0.3, 0.4) is 0 Å². The van der Waals surface area contributed by atoms with Gasteiger partial charge in [0, 0.05) is 19.3 Å². The van der Waals surface area contributed by atoms with E-state index in [0.29, 0.717) is 0 Å². The third-order valence-electron chi connectivity index (χ3n) is 3.50. The molecule has 0 fully saturated rings. The number of aliphatic carboxylic acids is 1. The quantitative estimate of drug-likeness (QED) is 0.647. The topological polar surface area (TPSA) is 119 Å². The first-order valence-electron chi connectivity index (χ1n) is 7.67. The summed E-state index contributed by atoms with van der Waals surface area (Å²) >= 11 is 0. The van der Waals surface area contributed by atoms with Crippen molar-refractivity contribution in [3.05, 3.63) is 35.6 Å². The maximum Gasteiger partial charge on any atom is 0.326 e. The van der Waals surface area contributed by atoms with Crippen LogP contribution in [0.5, 0.6) is 0 Å². The maximum atomic E-state index is 13.8. The van der Waals surface area contributed by atoms with Gasteiger partial charge in [-0.2, -0.15) is 5.26 Å². The van der Waals surface area contributed by atoms with Gasteiger partial charge in [-0.05, 0) is 25.0 Å². The van der Waals surface area contributed by atoms with E-state index >= 15 is 0 Å². The SMILES string of the molecule is CC(=O)N[C@@H](Cc1ccccc1F)C(=O)N[C@@H](C[C@H](C)C#N)C(=O)O. The summed E-state index contributed by atoms with van der Waals surface area (Å²) in [6.45, 7) is 2.74. The summed E-state index contributed by atoms with van der Waals surface area (Å²) in [5.74, 6) is -3.65. The Morgan fingerprint density at radius 2 is 1.88 bits per heavy atom. The molecule has 3 atom stereocenters. The molecule has 0 bridgehead atoms. The lowest BCUT2D eigenvalue weighted by Crippen LogP contribution is -2.52. The number of hydrogen-bond donors (Lipinski definition) is 3. The van der Waals surface area contributed by atoms with Gasteiger partial charge in [-0.25, -0.2) is 9.18 Å². The van der Waals surface area contributed by atoms with Crippen molar-refractivity contribution in [1.29, 1.82) is 5.26 Å². The lowest BCUT2D eigenvalue weighted by molar-refractivity contribution is -0.142. The molecule has 0 spiro atoms. The van der Waals surface area contributed by atoms with Crippen molar-refractivity contribution in [3.63, 3.8) is 0 Å². The maximum absolute atomic E-state index is 13.8. The molecule has 25 heavy (non-hydrogen) atoms. The first-order chi connectivity index (χ1) is 11.7.